The maximum atomic E-state index is 12.1. The number of hydrogen-bond donors (Lipinski definition) is 1. The molecule has 1 rings (SSSR count). The molecule has 0 aromatic carbocycles. The Morgan fingerprint density at radius 2 is 2.31 bits per heavy atom. The van der Waals surface area contributed by atoms with E-state index >= 15 is 0 Å². The van der Waals surface area contributed by atoms with E-state index in [1.54, 1.807) is 6.08 Å². The van der Waals surface area contributed by atoms with Gasteiger partial charge in [-0.15, -0.1) is 6.58 Å². The van der Waals surface area contributed by atoms with Crippen LogP contribution in [-0.4, -0.2) is 54.5 Å². The molecule has 1 aliphatic rings. The van der Waals surface area contributed by atoms with Crippen molar-refractivity contribution in [1.82, 2.24) is 9.80 Å². The summed E-state index contributed by atoms with van der Waals surface area (Å²) in [4.78, 5) is 16.3. The first kappa shape index (κ1) is 13.2. The number of carbonyl (C=O) groups is 1. The summed E-state index contributed by atoms with van der Waals surface area (Å²) >= 11 is 0. The van der Waals surface area contributed by atoms with Crippen LogP contribution in [0, 0.1) is 0 Å². The van der Waals surface area contributed by atoms with Gasteiger partial charge in [-0.1, -0.05) is 6.08 Å². The van der Waals surface area contributed by atoms with Crippen molar-refractivity contribution in [2.75, 3.05) is 26.7 Å². The van der Waals surface area contributed by atoms with Crippen LogP contribution in [0.15, 0.2) is 12.7 Å². The summed E-state index contributed by atoms with van der Waals surface area (Å²) < 4.78 is 0. The van der Waals surface area contributed by atoms with Gasteiger partial charge >= 0.3 is 0 Å². The lowest BCUT2D eigenvalue weighted by Gasteiger charge is -2.30. The highest BCUT2D eigenvalue weighted by Crippen LogP contribution is 2.10. The monoisotopic (exact) mass is 225 g/mol. The van der Waals surface area contributed by atoms with Crippen LogP contribution in [-0.2, 0) is 4.79 Å². The van der Waals surface area contributed by atoms with Crippen LogP contribution in [0.25, 0.3) is 0 Å². The molecule has 4 heteroatoms. The molecule has 1 fully saturated rings. The molecule has 0 saturated carbocycles. The minimum atomic E-state index is -0.427. The minimum absolute atomic E-state index is 0.0581. The van der Waals surface area contributed by atoms with E-state index in [1.165, 1.54) is 0 Å². The summed E-state index contributed by atoms with van der Waals surface area (Å²) in [5.74, 6) is 0.0581. The average Bonchev–Trinajstić information content (AvgIpc) is 2.38. The van der Waals surface area contributed by atoms with E-state index in [9.17, 15) is 4.79 Å². The van der Waals surface area contributed by atoms with E-state index in [2.05, 4.69) is 25.5 Å². The Morgan fingerprint density at radius 1 is 1.62 bits per heavy atom. The second-order valence-corrected chi connectivity index (χ2v) is 4.63. The van der Waals surface area contributed by atoms with Crippen LogP contribution in [0.2, 0.25) is 0 Å². The normalized spacial score (nSPS) is 24.9. The predicted octanol–water partition coefficient (Wildman–Crippen LogP) is 0.442. The SMILES string of the molecule is C=CCC(N)C(=O)N1CCCN(C)CC1C. The topological polar surface area (TPSA) is 49.6 Å². The zero-order chi connectivity index (χ0) is 12.1. The highest BCUT2D eigenvalue weighted by molar-refractivity contribution is 5.82. The molecule has 0 bridgehead atoms. The second kappa shape index (κ2) is 6.01. The average molecular weight is 225 g/mol. The van der Waals surface area contributed by atoms with Gasteiger partial charge < -0.3 is 15.5 Å². The number of rotatable bonds is 3. The van der Waals surface area contributed by atoms with Gasteiger partial charge in [-0.2, -0.15) is 0 Å². The number of nitrogens with two attached hydrogens (primary N) is 1. The fourth-order valence-corrected chi connectivity index (χ4v) is 2.19. The molecular weight excluding hydrogens is 202 g/mol. The van der Waals surface area contributed by atoms with Gasteiger partial charge in [0.05, 0.1) is 6.04 Å². The molecule has 92 valence electrons. The molecule has 1 aliphatic heterocycles. The molecular formula is C12H23N3O. The van der Waals surface area contributed by atoms with Gasteiger partial charge in [0.15, 0.2) is 0 Å². The van der Waals surface area contributed by atoms with E-state index in [1.807, 2.05) is 4.90 Å². The van der Waals surface area contributed by atoms with Crippen LogP contribution < -0.4 is 5.73 Å². The first-order valence-corrected chi connectivity index (χ1v) is 5.91. The number of likely N-dealkylation sites (N-methyl/N-ethyl adjacent to an activating group) is 1. The third-order valence-electron chi connectivity index (χ3n) is 3.07. The first-order chi connectivity index (χ1) is 7.56. The third-order valence-corrected chi connectivity index (χ3v) is 3.07. The lowest BCUT2D eigenvalue weighted by molar-refractivity contribution is -0.134. The quantitative estimate of drug-likeness (QED) is 0.709. The Morgan fingerprint density at radius 3 is 2.94 bits per heavy atom. The third kappa shape index (κ3) is 3.32. The Labute approximate surface area is 98.1 Å². The van der Waals surface area contributed by atoms with Gasteiger partial charge in [-0.3, -0.25) is 4.79 Å². The predicted molar refractivity (Wildman–Crippen MR) is 66.1 cm³/mol. The summed E-state index contributed by atoms with van der Waals surface area (Å²) in [5.41, 5.74) is 5.83. The zero-order valence-electron chi connectivity index (χ0n) is 10.4. The molecule has 0 aromatic heterocycles. The summed E-state index contributed by atoms with van der Waals surface area (Å²) in [5, 5.41) is 0. The van der Waals surface area contributed by atoms with Gasteiger partial charge in [0.2, 0.25) is 5.91 Å². The van der Waals surface area contributed by atoms with Gasteiger partial charge in [0, 0.05) is 19.1 Å². The van der Waals surface area contributed by atoms with Crippen LogP contribution in [0.3, 0.4) is 0 Å². The summed E-state index contributed by atoms with van der Waals surface area (Å²) in [6.45, 7) is 8.49. The number of nitrogens with zero attached hydrogens (tertiary/aromatic N) is 2. The van der Waals surface area contributed by atoms with Gasteiger partial charge in [-0.05, 0) is 33.4 Å². The maximum absolute atomic E-state index is 12.1. The highest BCUT2D eigenvalue weighted by Gasteiger charge is 2.26. The Kier molecular flexibility index (Phi) is 4.96. The molecule has 1 saturated heterocycles. The van der Waals surface area contributed by atoms with Crippen LogP contribution in [0.1, 0.15) is 19.8 Å². The number of amides is 1. The van der Waals surface area contributed by atoms with E-state index < -0.39 is 6.04 Å². The molecule has 16 heavy (non-hydrogen) atoms. The van der Waals surface area contributed by atoms with E-state index in [0.717, 1.165) is 26.1 Å². The Bertz CT molecular complexity index is 255. The molecule has 2 atom stereocenters. The van der Waals surface area contributed by atoms with E-state index in [-0.39, 0.29) is 11.9 Å². The van der Waals surface area contributed by atoms with Gasteiger partial charge in [0.1, 0.15) is 0 Å². The van der Waals surface area contributed by atoms with Crippen LogP contribution in [0.4, 0.5) is 0 Å². The molecule has 0 spiro atoms. The summed E-state index contributed by atoms with van der Waals surface area (Å²) in [6.07, 6.45) is 3.28. The van der Waals surface area contributed by atoms with Crippen molar-refractivity contribution in [2.24, 2.45) is 5.73 Å². The molecule has 1 amide bonds. The second-order valence-electron chi connectivity index (χ2n) is 4.63. The Hall–Kier alpha value is -0.870. The smallest absolute Gasteiger partial charge is 0.240 e. The lowest BCUT2D eigenvalue weighted by atomic mass is 10.1. The minimum Gasteiger partial charge on any atom is -0.337 e. The zero-order valence-corrected chi connectivity index (χ0v) is 10.4. The van der Waals surface area contributed by atoms with Crippen LogP contribution in [0.5, 0.6) is 0 Å². The van der Waals surface area contributed by atoms with Crippen molar-refractivity contribution in [3.8, 4) is 0 Å². The van der Waals surface area contributed by atoms with Crippen molar-refractivity contribution in [3.05, 3.63) is 12.7 Å². The maximum Gasteiger partial charge on any atom is 0.240 e. The number of carbonyl (C=O) groups excluding carboxylic acids is 1. The Balaban J connectivity index is 2.62. The van der Waals surface area contributed by atoms with Gasteiger partial charge in [0.25, 0.3) is 0 Å². The standard InChI is InChI=1S/C12H23N3O/c1-4-6-11(13)12(16)15-8-5-7-14(3)9-10(15)2/h4,10-11H,1,5-9,13H2,2-3H3. The van der Waals surface area contributed by atoms with Crippen molar-refractivity contribution >= 4 is 5.91 Å². The molecule has 0 radical (unpaired) electrons. The highest BCUT2D eigenvalue weighted by atomic mass is 16.2. The number of hydrogen-bond acceptors (Lipinski definition) is 3. The van der Waals surface area contributed by atoms with Crippen molar-refractivity contribution in [3.63, 3.8) is 0 Å². The first-order valence-electron chi connectivity index (χ1n) is 5.91. The molecule has 1 heterocycles. The van der Waals surface area contributed by atoms with E-state index in [0.29, 0.717) is 6.42 Å². The van der Waals surface area contributed by atoms with Gasteiger partial charge in [-0.25, -0.2) is 0 Å². The van der Waals surface area contributed by atoms with Crippen molar-refractivity contribution < 1.29 is 4.79 Å². The van der Waals surface area contributed by atoms with Crippen molar-refractivity contribution in [1.29, 1.82) is 0 Å². The fraction of sp³-hybridized carbons (Fsp3) is 0.750. The molecule has 2 unspecified atom stereocenters. The fourth-order valence-electron chi connectivity index (χ4n) is 2.19. The largest absolute Gasteiger partial charge is 0.337 e. The van der Waals surface area contributed by atoms with E-state index in [4.69, 9.17) is 5.73 Å². The van der Waals surface area contributed by atoms with Crippen molar-refractivity contribution in [2.45, 2.75) is 31.8 Å². The molecule has 0 aliphatic carbocycles. The van der Waals surface area contributed by atoms with Crippen LogP contribution >= 0.6 is 0 Å². The molecule has 2 N–H and O–H groups in total. The summed E-state index contributed by atoms with van der Waals surface area (Å²) in [6, 6.07) is -0.181. The molecule has 0 aromatic rings. The lowest BCUT2D eigenvalue weighted by Crippen LogP contribution is -2.49. The summed E-state index contributed by atoms with van der Waals surface area (Å²) in [7, 11) is 2.09. The molecule has 4 nitrogen and oxygen atoms in total.